The van der Waals surface area contributed by atoms with Crippen LogP contribution in [0.1, 0.15) is 48.9 Å². The number of likely N-dealkylation sites (tertiary alicyclic amines) is 1. The number of hydrogen-bond acceptors (Lipinski definition) is 5. The van der Waals surface area contributed by atoms with Gasteiger partial charge in [-0.05, 0) is 81.1 Å². The molecule has 39 heavy (non-hydrogen) atoms. The van der Waals surface area contributed by atoms with E-state index in [9.17, 15) is 13.2 Å². The fraction of sp³-hybridized carbons (Fsp3) is 0.367. The first-order valence-corrected chi connectivity index (χ1v) is 13.4. The highest BCUT2D eigenvalue weighted by Gasteiger charge is 2.31. The summed E-state index contributed by atoms with van der Waals surface area (Å²) in [5, 5.41) is 3.31. The Morgan fingerprint density at radius 3 is 2.28 bits per heavy atom. The zero-order chi connectivity index (χ0) is 27.6. The molecule has 5 rings (SSSR count). The molecular formula is C30H33F3N6. The van der Waals surface area contributed by atoms with Gasteiger partial charge in [0.05, 0.1) is 29.0 Å². The number of benzene rings is 2. The van der Waals surface area contributed by atoms with E-state index < -0.39 is 11.7 Å². The molecule has 0 saturated carbocycles. The van der Waals surface area contributed by atoms with Crippen molar-refractivity contribution in [1.29, 1.82) is 0 Å². The summed E-state index contributed by atoms with van der Waals surface area (Å²) in [5.74, 6) is 0.446. The third-order valence-electron chi connectivity index (χ3n) is 7.15. The van der Waals surface area contributed by atoms with E-state index in [-0.39, 0.29) is 6.04 Å². The molecule has 1 N–H and O–H groups in total. The number of nitrogens with zero attached hydrogens (tertiary/aromatic N) is 5. The van der Waals surface area contributed by atoms with Gasteiger partial charge < -0.3 is 14.8 Å². The van der Waals surface area contributed by atoms with Gasteiger partial charge in [0.1, 0.15) is 0 Å². The normalized spacial score (nSPS) is 15.0. The first kappa shape index (κ1) is 26.9. The number of piperidine rings is 1. The van der Waals surface area contributed by atoms with Gasteiger partial charge in [-0.15, -0.1) is 0 Å². The molecule has 2 aromatic carbocycles. The Hall–Kier alpha value is -3.72. The van der Waals surface area contributed by atoms with Crippen LogP contribution in [0.4, 0.5) is 24.8 Å². The van der Waals surface area contributed by atoms with Gasteiger partial charge >= 0.3 is 6.18 Å². The first-order chi connectivity index (χ1) is 18.7. The van der Waals surface area contributed by atoms with E-state index in [1.54, 1.807) is 6.20 Å². The Labute approximate surface area is 226 Å². The average molecular weight is 535 g/mol. The van der Waals surface area contributed by atoms with E-state index in [2.05, 4.69) is 32.8 Å². The van der Waals surface area contributed by atoms with Crippen molar-refractivity contribution in [3.05, 3.63) is 77.7 Å². The quantitative estimate of drug-likeness (QED) is 0.267. The van der Waals surface area contributed by atoms with Crippen LogP contribution in [0.3, 0.4) is 0 Å². The van der Waals surface area contributed by atoms with Crippen molar-refractivity contribution >= 4 is 11.6 Å². The Kier molecular flexibility index (Phi) is 7.70. The van der Waals surface area contributed by atoms with Gasteiger partial charge in [0.25, 0.3) is 0 Å². The van der Waals surface area contributed by atoms with E-state index in [0.717, 1.165) is 73.5 Å². The zero-order valence-electron chi connectivity index (χ0n) is 22.5. The maximum Gasteiger partial charge on any atom is 0.416 e. The van der Waals surface area contributed by atoms with Crippen molar-refractivity contribution in [2.75, 3.05) is 25.0 Å². The number of halogens is 3. The van der Waals surface area contributed by atoms with Crippen LogP contribution in [0.5, 0.6) is 0 Å². The second-order valence-corrected chi connectivity index (χ2v) is 10.3. The smallest absolute Gasteiger partial charge is 0.326 e. The SMILES string of the molecule is CCCN1CCC(n2cnc(-c3ccc(C(F)(F)F)cc3)c2-c2ccnc(Nc3cc(C)cc(C)c3)n2)CC1. The van der Waals surface area contributed by atoms with Crippen LogP contribution < -0.4 is 5.32 Å². The van der Waals surface area contributed by atoms with Gasteiger partial charge in [0.2, 0.25) is 5.95 Å². The summed E-state index contributed by atoms with van der Waals surface area (Å²) in [5.41, 5.74) is 5.14. The number of aromatic nitrogens is 4. The van der Waals surface area contributed by atoms with Gasteiger partial charge in [0, 0.05) is 36.6 Å². The van der Waals surface area contributed by atoms with Gasteiger partial charge in [0.15, 0.2) is 0 Å². The molecule has 0 aliphatic carbocycles. The highest BCUT2D eigenvalue weighted by atomic mass is 19.4. The Morgan fingerprint density at radius 1 is 0.949 bits per heavy atom. The molecule has 3 heterocycles. The summed E-state index contributed by atoms with van der Waals surface area (Å²) in [7, 11) is 0. The van der Waals surface area contributed by atoms with Crippen LogP contribution in [-0.2, 0) is 6.18 Å². The zero-order valence-corrected chi connectivity index (χ0v) is 22.5. The van der Waals surface area contributed by atoms with E-state index in [4.69, 9.17) is 9.97 Å². The summed E-state index contributed by atoms with van der Waals surface area (Å²) in [6.07, 6.45) is 2.17. The Balaban J connectivity index is 1.53. The van der Waals surface area contributed by atoms with Crippen LogP contribution in [0.2, 0.25) is 0 Å². The summed E-state index contributed by atoms with van der Waals surface area (Å²) >= 11 is 0. The molecule has 1 aliphatic heterocycles. The third kappa shape index (κ3) is 6.14. The highest BCUT2D eigenvalue weighted by molar-refractivity contribution is 5.77. The molecule has 0 spiro atoms. The second kappa shape index (κ2) is 11.2. The van der Waals surface area contributed by atoms with Gasteiger partial charge in [-0.25, -0.2) is 15.0 Å². The Bertz CT molecular complexity index is 1400. The number of nitrogens with one attached hydrogen (secondary N) is 1. The monoisotopic (exact) mass is 534 g/mol. The second-order valence-electron chi connectivity index (χ2n) is 10.3. The predicted molar refractivity (Wildman–Crippen MR) is 148 cm³/mol. The molecule has 1 saturated heterocycles. The average Bonchev–Trinajstić information content (AvgIpc) is 3.34. The number of anilines is 2. The van der Waals surface area contributed by atoms with Gasteiger partial charge in [-0.3, -0.25) is 0 Å². The minimum absolute atomic E-state index is 0.217. The lowest BCUT2D eigenvalue weighted by atomic mass is 10.0. The molecule has 6 nitrogen and oxygen atoms in total. The largest absolute Gasteiger partial charge is 0.416 e. The molecule has 204 valence electrons. The van der Waals surface area contributed by atoms with E-state index in [1.807, 2.05) is 38.4 Å². The summed E-state index contributed by atoms with van der Waals surface area (Å²) in [6, 6.07) is 13.4. The molecule has 9 heteroatoms. The lowest BCUT2D eigenvalue weighted by Crippen LogP contribution is -2.35. The van der Waals surface area contributed by atoms with E-state index in [1.165, 1.54) is 12.1 Å². The maximum absolute atomic E-state index is 13.2. The third-order valence-corrected chi connectivity index (χ3v) is 7.15. The summed E-state index contributed by atoms with van der Waals surface area (Å²) in [6.45, 7) is 9.34. The van der Waals surface area contributed by atoms with Crippen LogP contribution >= 0.6 is 0 Å². The Morgan fingerprint density at radius 2 is 1.64 bits per heavy atom. The molecule has 0 bridgehead atoms. The predicted octanol–water partition coefficient (Wildman–Crippen LogP) is 7.43. The molecule has 0 radical (unpaired) electrons. The fourth-order valence-electron chi connectivity index (χ4n) is 5.38. The van der Waals surface area contributed by atoms with Crippen molar-refractivity contribution in [2.45, 2.75) is 52.3 Å². The van der Waals surface area contributed by atoms with Crippen molar-refractivity contribution in [3.63, 3.8) is 0 Å². The van der Waals surface area contributed by atoms with Crippen molar-refractivity contribution in [2.24, 2.45) is 0 Å². The molecule has 2 aromatic heterocycles. The van der Waals surface area contributed by atoms with Crippen LogP contribution in [0, 0.1) is 13.8 Å². The molecule has 0 unspecified atom stereocenters. The van der Waals surface area contributed by atoms with Crippen molar-refractivity contribution in [3.8, 4) is 22.6 Å². The maximum atomic E-state index is 13.2. The standard InChI is InChI=1S/C30H33F3N6/c1-4-13-38-14-10-25(11-15-38)39-19-35-27(22-5-7-23(8-6-22)30(31,32)33)28(39)26-9-12-34-29(37-26)36-24-17-20(2)16-21(3)18-24/h5-9,12,16-19,25H,4,10-11,13-15H2,1-3H3,(H,34,36,37). The summed E-state index contributed by atoms with van der Waals surface area (Å²) in [4.78, 5) is 16.5. The highest BCUT2D eigenvalue weighted by Crippen LogP contribution is 2.37. The van der Waals surface area contributed by atoms with Crippen LogP contribution in [-0.4, -0.2) is 44.1 Å². The summed E-state index contributed by atoms with van der Waals surface area (Å²) < 4.78 is 41.8. The minimum Gasteiger partial charge on any atom is -0.326 e. The lowest BCUT2D eigenvalue weighted by Gasteiger charge is -2.33. The number of imidazole rings is 1. The molecule has 1 fully saturated rings. The first-order valence-electron chi connectivity index (χ1n) is 13.4. The van der Waals surface area contributed by atoms with Gasteiger partial charge in [-0.1, -0.05) is 25.1 Å². The number of hydrogen-bond donors (Lipinski definition) is 1. The molecule has 1 aliphatic rings. The molecule has 4 aromatic rings. The van der Waals surface area contributed by atoms with E-state index in [0.29, 0.717) is 22.9 Å². The topological polar surface area (TPSA) is 58.9 Å². The van der Waals surface area contributed by atoms with E-state index >= 15 is 0 Å². The van der Waals surface area contributed by atoms with Crippen LogP contribution in [0.25, 0.3) is 22.6 Å². The number of rotatable bonds is 7. The molecule has 0 atom stereocenters. The van der Waals surface area contributed by atoms with Gasteiger partial charge in [-0.2, -0.15) is 13.2 Å². The molecular weight excluding hydrogens is 501 g/mol. The van der Waals surface area contributed by atoms with Crippen LogP contribution in [0.15, 0.2) is 61.1 Å². The minimum atomic E-state index is -4.39. The van der Waals surface area contributed by atoms with Crippen molar-refractivity contribution < 1.29 is 13.2 Å². The number of alkyl halides is 3. The fourth-order valence-corrected chi connectivity index (χ4v) is 5.38. The molecule has 0 amide bonds. The lowest BCUT2D eigenvalue weighted by molar-refractivity contribution is -0.137. The number of aryl methyl sites for hydroxylation is 2. The van der Waals surface area contributed by atoms with Crippen molar-refractivity contribution in [1.82, 2.24) is 24.4 Å².